The maximum Gasteiger partial charge on any atom is 0.128 e. The highest BCUT2D eigenvalue weighted by Gasteiger charge is 2.15. The van der Waals surface area contributed by atoms with Crippen molar-refractivity contribution in [2.45, 2.75) is 104 Å². The first-order valence-corrected chi connectivity index (χ1v) is 13.7. The van der Waals surface area contributed by atoms with Gasteiger partial charge in [-0.2, -0.15) is 0 Å². The first-order chi connectivity index (χ1) is 16.2. The highest BCUT2D eigenvalue weighted by molar-refractivity contribution is 6.09. The van der Waals surface area contributed by atoms with Crippen LogP contribution in [-0.4, -0.2) is 30.4 Å². The predicted molar refractivity (Wildman–Crippen MR) is 152 cm³/mol. The van der Waals surface area contributed by atoms with Crippen LogP contribution in [0.2, 0.25) is 0 Å². The fraction of sp³-hybridized carbons (Fsp3) is 0.633. The molecule has 0 saturated carbocycles. The van der Waals surface area contributed by atoms with Crippen LogP contribution in [0.1, 0.15) is 110 Å². The second-order valence-corrected chi connectivity index (χ2v) is 9.38. The molecule has 192 valence electrons. The zero-order valence-corrected chi connectivity index (χ0v) is 22.9. The summed E-state index contributed by atoms with van der Waals surface area (Å²) >= 11 is 0. The summed E-state index contributed by atoms with van der Waals surface area (Å²) in [6, 6.07) is 12.5. The summed E-state index contributed by atoms with van der Waals surface area (Å²) in [6.45, 7) is 9.27. The standard InChI is InChI=1S/C30H48N2O.ClH/c1-4-7-8-9-10-11-12-13-14-15-18-25-33-29-22-21-28(26-19-16-17-20-27(26)29)30(31)32(23-5-2)24-6-3;/h16-17,19-22,31H,4-15,18,23-25H2,1-3H3;1H. The Morgan fingerprint density at radius 3 is 1.76 bits per heavy atom. The van der Waals surface area contributed by atoms with Crippen LogP contribution in [0.5, 0.6) is 5.75 Å². The van der Waals surface area contributed by atoms with E-state index < -0.39 is 0 Å². The molecule has 0 atom stereocenters. The van der Waals surface area contributed by atoms with E-state index in [1.807, 2.05) is 0 Å². The van der Waals surface area contributed by atoms with E-state index in [4.69, 9.17) is 10.1 Å². The van der Waals surface area contributed by atoms with E-state index in [1.54, 1.807) is 0 Å². The lowest BCUT2D eigenvalue weighted by atomic mass is 10.0. The van der Waals surface area contributed by atoms with Gasteiger partial charge in [-0.15, -0.1) is 12.4 Å². The Balaban J connectivity index is 0.00000578. The molecule has 0 bridgehead atoms. The molecular formula is C30H49ClN2O. The van der Waals surface area contributed by atoms with Crippen molar-refractivity contribution in [2.24, 2.45) is 0 Å². The Kier molecular flexibility index (Phi) is 16.5. The number of amidine groups is 1. The minimum Gasteiger partial charge on any atom is -0.493 e. The lowest BCUT2D eigenvalue weighted by molar-refractivity contribution is 0.307. The van der Waals surface area contributed by atoms with Crippen molar-refractivity contribution in [1.29, 1.82) is 5.41 Å². The fourth-order valence-corrected chi connectivity index (χ4v) is 4.60. The van der Waals surface area contributed by atoms with Gasteiger partial charge >= 0.3 is 0 Å². The first-order valence-electron chi connectivity index (χ1n) is 13.7. The number of fused-ring (bicyclic) bond motifs is 1. The van der Waals surface area contributed by atoms with Crippen molar-refractivity contribution in [2.75, 3.05) is 19.7 Å². The Hall–Kier alpha value is -1.74. The highest BCUT2D eigenvalue weighted by Crippen LogP contribution is 2.29. The summed E-state index contributed by atoms with van der Waals surface area (Å²) in [6.07, 6.45) is 16.9. The molecule has 0 spiro atoms. The number of benzene rings is 2. The molecular weight excluding hydrogens is 440 g/mol. The molecule has 0 radical (unpaired) electrons. The van der Waals surface area contributed by atoms with Gasteiger partial charge in [0.05, 0.1) is 6.61 Å². The average molecular weight is 489 g/mol. The molecule has 1 N–H and O–H groups in total. The summed E-state index contributed by atoms with van der Waals surface area (Å²) < 4.78 is 6.21. The SMILES string of the molecule is CCCCCCCCCCCCCOc1ccc(C(=N)N(CCC)CCC)c2ccccc12.Cl. The Morgan fingerprint density at radius 2 is 1.21 bits per heavy atom. The van der Waals surface area contributed by atoms with Crippen LogP contribution in [0.4, 0.5) is 0 Å². The first kappa shape index (κ1) is 30.3. The third-order valence-electron chi connectivity index (χ3n) is 6.45. The van der Waals surface area contributed by atoms with Gasteiger partial charge in [-0.3, -0.25) is 5.41 Å². The number of nitrogens with one attached hydrogen (secondary N) is 1. The summed E-state index contributed by atoms with van der Waals surface area (Å²) in [4.78, 5) is 2.20. The van der Waals surface area contributed by atoms with E-state index in [-0.39, 0.29) is 12.4 Å². The van der Waals surface area contributed by atoms with E-state index in [9.17, 15) is 0 Å². The average Bonchev–Trinajstić information content (AvgIpc) is 2.84. The van der Waals surface area contributed by atoms with Gasteiger partial charge in [-0.25, -0.2) is 0 Å². The molecule has 2 aromatic rings. The molecule has 0 unspecified atom stereocenters. The molecule has 34 heavy (non-hydrogen) atoms. The number of rotatable bonds is 18. The molecule has 4 heteroatoms. The number of nitrogens with zero attached hydrogens (tertiary/aromatic N) is 1. The van der Waals surface area contributed by atoms with Crippen LogP contribution in [0, 0.1) is 5.41 Å². The van der Waals surface area contributed by atoms with E-state index in [1.165, 1.54) is 64.2 Å². The largest absolute Gasteiger partial charge is 0.493 e. The third kappa shape index (κ3) is 10.3. The lowest BCUT2D eigenvalue weighted by Gasteiger charge is -2.25. The molecule has 2 rings (SSSR count). The molecule has 0 heterocycles. The van der Waals surface area contributed by atoms with Gasteiger partial charge < -0.3 is 9.64 Å². The normalized spacial score (nSPS) is 10.8. The zero-order valence-electron chi connectivity index (χ0n) is 22.0. The minimum absolute atomic E-state index is 0. The summed E-state index contributed by atoms with van der Waals surface area (Å²) in [7, 11) is 0. The quantitative estimate of drug-likeness (QED) is 0.129. The predicted octanol–water partition coefficient (Wildman–Crippen LogP) is 9.40. The number of hydrogen-bond donors (Lipinski definition) is 1. The van der Waals surface area contributed by atoms with Crippen molar-refractivity contribution in [3.8, 4) is 5.75 Å². The van der Waals surface area contributed by atoms with Crippen LogP contribution in [0.3, 0.4) is 0 Å². The van der Waals surface area contributed by atoms with Crippen molar-refractivity contribution < 1.29 is 4.74 Å². The van der Waals surface area contributed by atoms with Gasteiger partial charge in [0.25, 0.3) is 0 Å². The maximum atomic E-state index is 8.84. The number of hydrogen-bond acceptors (Lipinski definition) is 2. The molecule has 0 aliphatic rings. The second kappa shape index (κ2) is 18.6. The second-order valence-electron chi connectivity index (χ2n) is 9.38. The summed E-state index contributed by atoms with van der Waals surface area (Å²) in [5.74, 6) is 1.58. The number of ether oxygens (including phenoxy) is 1. The van der Waals surface area contributed by atoms with Crippen molar-refractivity contribution in [3.05, 3.63) is 42.0 Å². The number of halogens is 1. The van der Waals surface area contributed by atoms with E-state index >= 15 is 0 Å². The van der Waals surface area contributed by atoms with Crippen molar-refractivity contribution in [1.82, 2.24) is 4.90 Å². The van der Waals surface area contributed by atoms with Crippen molar-refractivity contribution >= 4 is 29.0 Å². The Morgan fingerprint density at radius 1 is 0.676 bits per heavy atom. The van der Waals surface area contributed by atoms with Gasteiger partial charge in [-0.1, -0.05) is 109 Å². The molecule has 0 aromatic heterocycles. The Labute approximate surface area is 215 Å². The molecule has 0 amide bonds. The molecule has 3 nitrogen and oxygen atoms in total. The molecule has 2 aromatic carbocycles. The van der Waals surface area contributed by atoms with Gasteiger partial charge in [-0.05, 0) is 36.8 Å². The van der Waals surface area contributed by atoms with Crippen LogP contribution >= 0.6 is 12.4 Å². The topological polar surface area (TPSA) is 36.3 Å². The van der Waals surface area contributed by atoms with Crippen LogP contribution in [-0.2, 0) is 0 Å². The molecule has 0 saturated heterocycles. The number of unbranched alkanes of at least 4 members (excludes halogenated alkanes) is 10. The minimum atomic E-state index is 0. The van der Waals surface area contributed by atoms with Crippen LogP contribution in [0.25, 0.3) is 10.8 Å². The monoisotopic (exact) mass is 488 g/mol. The van der Waals surface area contributed by atoms with Crippen LogP contribution < -0.4 is 4.74 Å². The molecule has 0 fully saturated rings. The maximum absolute atomic E-state index is 8.84. The summed E-state index contributed by atoms with van der Waals surface area (Å²) in [5, 5.41) is 11.1. The van der Waals surface area contributed by atoms with Gasteiger partial charge in [0, 0.05) is 24.0 Å². The smallest absolute Gasteiger partial charge is 0.128 e. The third-order valence-corrected chi connectivity index (χ3v) is 6.45. The molecule has 0 aliphatic carbocycles. The van der Waals surface area contributed by atoms with Crippen molar-refractivity contribution in [3.63, 3.8) is 0 Å². The fourth-order valence-electron chi connectivity index (χ4n) is 4.60. The van der Waals surface area contributed by atoms with E-state index in [0.29, 0.717) is 5.84 Å². The summed E-state index contributed by atoms with van der Waals surface area (Å²) in [5.41, 5.74) is 1.01. The highest BCUT2D eigenvalue weighted by atomic mass is 35.5. The zero-order chi connectivity index (χ0) is 23.7. The lowest BCUT2D eigenvalue weighted by Crippen LogP contribution is -2.32. The van der Waals surface area contributed by atoms with E-state index in [0.717, 1.165) is 61.0 Å². The van der Waals surface area contributed by atoms with Gasteiger partial charge in [0.2, 0.25) is 0 Å². The van der Waals surface area contributed by atoms with Gasteiger partial charge in [0.1, 0.15) is 11.6 Å². The van der Waals surface area contributed by atoms with Crippen LogP contribution in [0.15, 0.2) is 36.4 Å². The van der Waals surface area contributed by atoms with Gasteiger partial charge in [0.15, 0.2) is 0 Å². The molecule has 0 aliphatic heterocycles. The van der Waals surface area contributed by atoms with E-state index in [2.05, 4.69) is 62.1 Å². The Bertz CT molecular complexity index is 801.